The SMILES string of the molecule is Cc1ccc(-c2cc(Nc3cc(C)nn3-c3cc(C)c4ccccc4n3)nc(C)n2)cc1. The number of nitrogens with zero attached hydrogens (tertiary/aromatic N) is 5. The van der Waals surface area contributed by atoms with Gasteiger partial charge >= 0.3 is 0 Å². The summed E-state index contributed by atoms with van der Waals surface area (Å²) in [5.74, 6) is 2.98. The average molecular weight is 421 g/mol. The van der Waals surface area contributed by atoms with Crippen LogP contribution in [0, 0.1) is 27.7 Å². The van der Waals surface area contributed by atoms with Crippen molar-refractivity contribution in [1.29, 1.82) is 0 Å². The third kappa shape index (κ3) is 3.83. The van der Waals surface area contributed by atoms with Crippen molar-refractivity contribution in [2.45, 2.75) is 27.7 Å². The first kappa shape index (κ1) is 19.9. The van der Waals surface area contributed by atoms with E-state index in [1.807, 2.05) is 48.9 Å². The van der Waals surface area contributed by atoms with Crippen LogP contribution >= 0.6 is 0 Å². The average Bonchev–Trinajstić information content (AvgIpc) is 3.13. The molecular formula is C26H24N6. The van der Waals surface area contributed by atoms with Crippen LogP contribution in [-0.4, -0.2) is 24.7 Å². The third-order valence-electron chi connectivity index (χ3n) is 5.40. The first-order chi connectivity index (χ1) is 15.5. The van der Waals surface area contributed by atoms with Crippen LogP contribution in [0.1, 0.15) is 22.6 Å². The lowest BCUT2D eigenvalue weighted by atomic mass is 10.1. The van der Waals surface area contributed by atoms with Crippen molar-refractivity contribution in [3.63, 3.8) is 0 Å². The summed E-state index contributed by atoms with van der Waals surface area (Å²) < 4.78 is 1.83. The molecule has 0 saturated carbocycles. The molecular weight excluding hydrogens is 396 g/mol. The third-order valence-corrected chi connectivity index (χ3v) is 5.40. The number of hydrogen-bond acceptors (Lipinski definition) is 5. The highest BCUT2D eigenvalue weighted by Crippen LogP contribution is 2.26. The number of fused-ring (bicyclic) bond motifs is 1. The molecule has 1 N–H and O–H groups in total. The Kier molecular flexibility index (Phi) is 4.90. The molecule has 0 aliphatic heterocycles. The normalized spacial score (nSPS) is 11.1. The summed E-state index contributed by atoms with van der Waals surface area (Å²) in [5, 5.41) is 9.26. The van der Waals surface area contributed by atoms with Gasteiger partial charge in [0.25, 0.3) is 0 Å². The number of anilines is 2. The van der Waals surface area contributed by atoms with E-state index in [1.54, 1.807) is 0 Å². The molecule has 5 aromatic rings. The zero-order chi connectivity index (χ0) is 22.2. The highest BCUT2D eigenvalue weighted by atomic mass is 15.4. The van der Waals surface area contributed by atoms with Gasteiger partial charge in [0.2, 0.25) is 0 Å². The van der Waals surface area contributed by atoms with Crippen LogP contribution < -0.4 is 5.32 Å². The second-order valence-corrected chi connectivity index (χ2v) is 8.07. The highest BCUT2D eigenvalue weighted by molar-refractivity contribution is 5.83. The molecule has 0 saturated heterocycles. The van der Waals surface area contributed by atoms with Gasteiger partial charge in [0.1, 0.15) is 17.5 Å². The molecule has 0 aliphatic carbocycles. The molecule has 158 valence electrons. The topological polar surface area (TPSA) is 68.5 Å². The minimum Gasteiger partial charge on any atom is -0.325 e. The fourth-order valence-electron chi connectivity index (χ4n) is 3.84. The maximum absolute atomic E-state index is 4.84. The number of pyridine rings is 1. The highest BCUT2D eigenvalue weighted by Gasteiger charge is 2.13. The van der Waals surface area contributed by atoms with Gasteiger partial charge in [0.05, 0.1) is 16.9 Å². The van der Waals surface area contributed by atoms with E-state index in [0.29, 0.717) is 11.6 Å². The summed E-state index contributed by atoms with van der Waals surface area (Å²) in [5.41, 5.74) is 6.15. The van der Waals surface area contributed by atoms with Gasteiger partial charge in [-0.2, -0.15) is 9.78 Å². The van der Waals surface area contributed by atoms with Gasteiger partial charge in [-0.3, -0.25) is 0 Å². The molecule has 0 radical (unpaired) electrons. The Morgan fingerprint density at radius 3 is 2.38 bits per heavy atom. The number of aryl methyl sites for hydroxylation is 4. The maximum atomic E-state index is 4.84. The molecule has 0 spiro atoms. The minimum absolute atomic E-state index is 0.702. The van der Waals surface area contributed by atoms with Crippen LogP contribution in [-0.2, 0) is 0 Å². The zero-order valence-corrected chi connectivity index (χ0v) is 18.6. The van der Waals surface area contributed by atoms with Crippen molar-refractivity contribution in [1.82, 2.24) is 24.7 Å². The number of aromatic nitrogens is 5. The summed E-state index contributed by atoms with van der Waals surface area (Å²) in [6.07, 6.45) is 0. The molecule has 0 fully saturated rings. The van der Waals surface area contributed by atoms with Gasteiger partial charge in [-0.25, -0.2) is 15.0 Å². The fraction of sp³-hybridized carbons (Fsp3) is 0.154. The van der Waals surface area contributed by atoms with Gasteiger partial charge in [0.15, 0.2) is 5.82 Å². The predicted molar refractivity (Wildman–Crippen MR) is 129 cm³/mol. The Morgan fingerprint density at radius 2 is 1.56 bits per heavy atom. The van der Waals surface area contributed by atoms with E-state index in [-0.39, 0.29) is 0 Å². The van der Waals surface area contributed by atoms with Crippen molar-refractivity contribution in [3.05, 3.63) is 89.4 Å². The summed E-state index contributed by atoms with van der Waals surface area (Å²) in [6.45, 7) is 8.05. The van der Waals surface area contributed by atoms with Crippen molar-refractivity contribution < 1.29 is 0 Å². The molecule has 3 heterocycles. The van der Waals surface area contributed by atoms with Crippen LogP contribution in [0.4, 0.5) is 11.6 Å². The Balaban J connectivity index is 1.55. The van der Waals surface area contributed by atoms with E-state index in [9.17, 15) is 0 Å². The number of benzene rings is 2. The van der Waals surface area contributed by atoms with Crippen molar-refractivity contribution in [3.8, 4) is 17.1 Å². The van der Waals surface area contributed by atoms with Crippen LogP contribution in [0.3, 0.4) is 0 Å². The lowest BCUT2D eigenvalue weighted by Crippen LogP contribution is -2.07. The van der Waals surface area contributed by atoms with E-state index >= 15 is 0 Å². The number of hydrogen-bond donors (Lipinski definition) is 1. The van der Waals surface area contributed by atoms with Crippen LogP contribution in [0.15, 0.2) is 66.7 Å². The zero-order valence-electron chi connectivity index (χ0n) is 18.6. The second kappa shape index (κ2) is 7.89. The van der Waals surface area contributed by atoms with Gasteiger partial charge in [-0.15, -0.1) is 0 Å². The summed E-state index contributed by atoms with van der Waals surface area (Å²) >= 11 is 0. The van der Waals surface area contributed by atoms with E-state index in [0.717, 1.165) is 45.1 Å². The van der Waals surface area contributed by atoms with E-state index in [4.69, 9.17) is 4.98 Å². The van der Waals surface area contributed by atoms with Gasteiger partial charge in [-0.1, -0.05) is 48.0 Å². The molecule has 6 nitrogen and oxygen atoms in total. The Labute approximate surface area is 187 Å². The molecule has 0 aliphatic rings. The standard InChI is InChI=1S/C26H24N6/c1-16-9-11-20(12-10-16)23-15-24(28-19(4)27-23)30-26-14-18(3)31-32(26)25-13-17(2)21-7-5-6-8-22(21)29-25/h5-15H,1-4H3,(H,27,28,30). The largest absolute Gasteiger partial charge is 0.325 e. The summed E-state index contributed by atoms with van der Waals surface area (Å²) in [4.78, 5) is 14.1. The maximum Gasteiger partial charge on any atom is 0.156 e. The van der Waals surface area contributed by atoms with Crippen molar-refractivity contribution >= 4 is 22.5 Å². The Hall–Kier alpha value is -4.06. The first-order valence-electron chi connectivity index (χ1n) is 10.6. The lowest BCUT2D eigenvalue weighted by molar-refractivity contribution is 0.842. The predicted octanol–water partition coefficient (Wildman–Crippen LogP) is 5.85. The molecule has 0 atom stereocenters. The summed E-state index contributed by atoms with van der Waals surface area (Å²) in [7, 11) is 0. The number of nitrogens with one attached hydrogen (secondary N) is 1. The van der Waals surface area contributed by atoms with Crippen LogP contribution in [0.5, 0.6) is 0 Å². The number of para-hydroxylation sites is 1. The van der Waals surface area contributed by atoms with E-state index < -0.39 is 0 Å². The quantitative estimate of drug-likeness (QED) is 0.395. The molecule has 0 bridgehead atoms. The van der Waals surface area contributed by atoms with Gasteiger partial charge in [-0.05, 0) is 45.4 Å². The minimum atomic E-state index is 0.702. The molecule has 5 rings (SSSR count). The molecule has 2 aromatic carbocycles. The van der Waals surface area contributed by atoms with Gasteiger partial charge in [0, 0.05) is 23.1 Å². The Morgan fingerprint density at radius 1 is 0.781 bits per heavy atom. The number of rotatable bonds is 4. The van der Waals surface area contributed by atoms with Gasteiger partial charge < -0.3 is 5.32 Å². The molecule has 0 amide bonds. The van der Waals surface area contributed by atoms with E-state index in [2.05, 4.69) is 70.6 Å². The van der Waals surface area contributed by atoms with Crippen molar-refractivity contribution in [2.24, 2.45) is 0 Å². The molecule has 3 aromatic heterocycles. The summed E-state index contributed by atoms with van der Waals surface area (Å²) in [6, 6.07) is 22.5. The lowest BCUT2D eigenvalue weighted by Gasteiger charge is -2.12. The fourth-order valence-corrected chi connectivity index (χ4v) is 3.84. The smallest absolute Gasteiger partial charge is 0.156 e. The second-order valence-electron chi connectivity index (χ2n) is 8.07. The van der Waals surface area contributed by atoms with Crippen LogP contribution in [0.25, 0.3) is 28.0 Å². The molecule has 6 heteroatoms. The Bertz CT molecular complexity index is 1430. The van der Waals surface area contributed by atoms with Crippen molar-refractivity contribution in [2.75, 3.05) is 5.32 Å². The monoisotopic (exact) mass is 420 g/mol. The first-order valence-corrected chi connectivity index (χ1v) is 10.6. The van der Waals surface area contributed by atoms with Crippen LogP contribution in [0.2, 0.25) is 0 Å². The van der Waals surface area contributed by atoms with E-state index in [1.165, 1.54) is 5.56 Å². The molecule has 32 heavy (non-hydrogen) atoms. The molecule has 0 unspecified atom stereocenters.